The summed E-state index contributed by atoms with van der Waals surface area (Å²) < 4.78 is 35.8. The van der Waals surface area contributed by atoms with Gasteiger partial charge in [-0.2, -0.15) is 0 Å². The number of likely N-dealkylation sites (tertiary alicyclic amines) is 1. The Morgan fingerprint density at radius 3 is 2.24 bits per heavy atom. The van der Waals surface area contributed by atoms with Gasteiger partial charge in [0.1, 0.15) is 36.8 Å². The van der Waals surface area contributed by atoms with Crippen LogP contribution in [0.4, 0.5) is 9.18 Å². The second-order valence-corrected chi connectivity index (χ2v) is 22.5. The van der Waals surface area contributed by atoms with E-state index in [9.17, 15) is 47.9 Å². The molecule has 1 aliphatic carbocycles. The first kappa shape index (κ1) is 60.7. The lowest BCUT2D eigenvalue weighted by molar-refractivity contribution is -0.144. The Morgan fingerprint density at radius 2 is 1.56 bits per heavy atom. The highest BCUT2D eigenvalue weighted by Gasteiger charge is 2.58. The van der Waals surface area contributed by atoms with Crippen molar-refractivity contribution in [3.05, 3.63) is 112 Å². The summed E-state index contributed by atoms with van der Waals surface area (Å²) in [5.74, 6) is -3.39. The number of rotatable bonds is 27. The average Bonchev–Trinajstić information content (AvgIpc) is 4.39. The summed E-state index contributed by atoms with van der Waals surface area (Å²) in [5, 5.41) is 18.9. The topological polar surface area (TPSA) is 252 Å². The first-order chi connectivity index (χ1) is 38.1. The predicted molar refractivity (Wildman–Crippen MR) is 292 cm³/mol. The number of nitrogens with one attached hydrogen (secondary N) is 3. The molecule has 1 aromatic heterocycles. The molecule has 3 heterocycles. The van der Waals surface area contributed by atoms with Crippen LogP contribution in [-0.2, 0) is 84.0 Å². The van der Waals surface area contributed by atoms with E-state index in [-0.39, 0.29) is 116 Å². The molecule has 2 aliphatic heterocycles. The number of aliphatic hydroxyl groups excluding tert-OH is 1. The number of ketones is 1. The maximum atomic E-state index is 14.0. The summed E-state index contributed by atoms with van der Waals surface area (Å²) in [6.45, 7) is 11.6. The molecule has 0 saturated carbocycles. The van der Waals surface area contributed by atoms with Crippen LogP contribution in [0.1, 0.15) is 93.8 Å². The van der Waals surface area contributed by atoms with Crippen molar-refractivity contribution in [1.29, 1.82) is 0 Å². The average molecular weight is 1130 g/mol. The highest BCUT2D eigenvalue weighted by Crippen LogP contribution is 2.46. The highest BCUT2D eigenvalue weighted by molar-refractivity contribution is 7.13. The molecule has 80 heavy (non-hydrogen) atoms. The van der Waals surface area contributed by atoms with E-state index in [0.717, 1.165) is 32.2 Å². The van der Waals surface area contributed by atoms with Crippen molar-refractivity contribution in [2.75, 3.05) is 59.3 Å². The fourth-order valence-electron chi connectivity index (χ4n) is 9.90. The molecule has 7 amide bonds. The molecule has 20 nitrogen and oxygen atoms in total. The summed E-state index contributed by atoms with van der Waals surface area (Å²) in [5.41, 5.74) is 4.97. The van der Waals surface area contributed by atoms with Crippen molar-refractivity contribution in [2.45, 2.75) is 123 Å². The van der Waals surface area contributed by atoms with Crippen molar-refractivity contribution in [3.63, 3.8) is 0 Å². The number of amides is 7. The lowest BCUT2D eigenvalue weighted by atomic mass is 9.85. The Hall–Kier alpha value is -6.98. The van der Waals surface area contributed by atoms with Gasteiger partial charge >= 0.3 is 6.09 Å². The van der Waals surface area contributed by atoms with Gasteiger partial charge in [-0.15, -0.1) is 11.3 Å². The molecule has 2 saturated heterocycles. The number of hydrogen-bond donors (Lipinski definition) is 4. The summed E-state index contributed by atoms with van der Waals surface area (Å²) >= 11 is 1.56. The molecule has 430 valence electrons. The number of aryl methyl sites for hydroxylation is 2. The Labute approximate surface area is 469 Å². The number of ether oxygens (including phenoxy) is 4. The van der Waals surface area contributed by atoms with Gasteiger partial charge in [-0.1, -0.05) is 75.4 Å². The normalized spacial score (nSPS) is 18.1. The van der Waals surface area contributed by atoms with Crippen LogP contribution < -0.4 is 16.0 Å². The number of Topliss-reactive ketones (excluding diaryl/α,β-unsaturated/α-hetero) is 1. The molecular weight excluding hydrogens is 1050 g/mol. The van der Waals surface area contributed by atoms with Gasteiger partial charge in [-0.05, 0) is 72.6 Å². The summed E-state index contributed by atoms with van der Waals surface area (Å²) in [6.07, 6.45) is -1.12. The van der Waals surface area contributed by atoms with E-state index < -0.39 is 77.2 Å². The van der Waals surface area contributed by atoms with Gasteiger partial charge in [0.15, 0.2) is 0 Å². The SMILES string of the molecule is Cc1ncsc1-c1ccc(CNC(=O)[C@@H]2C[C@@H](O)CN2C(=O)[C@@H](NC(=O)COCCOCCOCCNC(=O)CCC(=O)Cc2ccc3c(c2)CC[C@]32OC(=O)N(CC(=O)N(Cc3ccc(F)cc3)C(C)C)C2=O)C(C)(C)C)cc1. The third-order valence-corrected chi connectivity index (χ3v) is 15.2. The van der Waals surface area contributed by atoms with Crippen molar-refractivity contribution < 1.29 is 66.8 Å². The van der Waals surface area contributed by atoms with Gasteiger partial charge in [0.25, 0.3) is 5.91 Å². The van der Waals surface area contributed by atoms with Crippen LogP contribution in [0.15, 0.2) is 72.2 Å². The molecule has 4 atom stereocenters. The number of carbonyl (C=O) groups excluding carboxylic acids is 8. The van der Waals surface area contributed by atoms with Crippen LogP contribution in [0.3, 0.4) is 0 Å². The number of carbonyl (C=O) groups is 8. The van der Waals surface area contributed by atoms with Gasteiger partial charge in [0, 0.05) is 69.9 Å². The summed E-state index contributed by atoms with van der Waals surface area (Å²) in [6, 6.07) is 16.5. The molecule has 4 aromatic rings. The van der Waals surface area contributed by atoms with Crippen LogP contribution in [-0.4, -0.2) is 156 Å². The zero-order valence-electron chi connectivity index (χ0n) is 46.2. The first-order valence-corrected chi connectivity index (χ1v) is 27.8. The molecule has 3 aliphatic rings. The smallest absolute Gasteiger partial charge is 0.418 e. The fourth-order valence-corrected chi connectivity index (χ4v) is 10.7. The summed E-state index contributed by atoms with van der Waals surface area (Å²) in [4.78, 5) is 115. The molecule has 1 spiro atoms. The number of nitrogens with zero attached hydrogens (tertiary/aromatic N) is 4. The molecule has 2 fully saturated rings. The lowest BCUT2D eigenvalue weighted by Crippen LogP contribution is -2.58. The number of halogens is 1. The molecule has 3 aromatic carbocycles. The monoisotopic (exact) mass is 1130 g/mol. The fraction of sp³-hybridized carbons (Fsp3) is 0.500. The minimum Gasteiger partial charge on any atom is -0.427 e. The predicted octanol–water partition coefficient (Wildman–Crippen LogP) is 4.68. The van der Waals surface area contributed by atoms with Crippen molar-refractivity contribution in [3.8, 4) is 10.4 Å². The Morgan fingerprint density at radius 1 is 0.887 bits per heavy atom. The van der Waals surface area contributed by atoms with Crippen molar-refractivity contribution in [2.24, 2.45) is 5.41 Å². The van der Waals surface area contributed by atoms with E-state index in [1.54, 1.807) is 81.8 Å². The maximum absolute atomic E-state index is 14.0. The van der Waals surface area contributed by atoms with Gasteiger partial charge in [0.2, 0.25) is 35.1 Å². The maximum Gasteiger partial charge on any atom is 0.418 e. The lowest BCUT2D eigenvalue weighted by Gasteiger charge is -2.35. The van der Waals surface area contributed by atoms with E-state index in [1.807, 2.05) is 31.2 Å². The number of aliphatic hydroxyl groups is 1. The molecule has 4 N–H and O–H groups in total. The third-order valence-electron chi connectivity index (χ3n) is 14.2. The highest BCUT2D eigenvalue weighted by atomic mass is 32.1. The second-order valence-electron chi connectivity index (χ2n) is 21.6. The number of imide groups is 1. The van der Waals surface area contributed by atoms with Crippen molar-refractivity contribution in [1.82, 2.24) is 35.6 Å². The number of hydrogen-bond acceptors (Lipinski definition) is 15. The largest absolute Gasteiger partial charge is 0.427 e. The Bertz CT molecular complexity index is 2880. The molecule has 0 radical (unpaired) electrons. The van der Waals surface area contributed by atoms with Gasteiger partial charge in [0.05, 0.1) is 55.2 Å². The molecular formula is C58H72FN7O13S. The molecule has 22 heteroatoms. The standard InChI is InChI=1S/C58H72FN7O13S/c1-36(2)64(31-39-9-14-43(59)15-10-39)50(71)33-66-55(74)58(79-56(66)75)20-19-42-27-40(11-17-46(42)58)28-44(67)16-18-48(69)60-21-22-76-23-24-77-25-26-78-34-49(70)63-52(57(4,5)6)54(73)65-32-45(68)29-47(65)53(72)61-30-38-7-12-41(13-8-38)51-37(3)62-35-80-51/h7-15,17,27,35-36,45,47,52,68H,16,18-26,28-34H2,1-6H3,(H,60,69)(H,61,72)(H,63,70)/t45-,47+,52-,58+/m1/s1. The minimum atomic E-state index is -1.57. The van der Waals surface area contributed by atoms with E-state index in [0.29, 0.717) is 23.1 Å². The van der Waals surface area contributed by atoms with Gasteiger partial charge < -0.3 is 49.8 Å². The van der Waals surface area contributed by atoms with Crippen LogP contribution >= 0.6 is 11.3 Å². The number of benzene rings is 3. The quantitative estimate of drug-likeness (QED) is 0.0592. The van der Waals surface area contributed by atoms with Crippen LogP contribution in [0, 0.1) is 18.2 Å². The van der Waals surface area contributed by atoms with E-state index in [4.69, 9.17) is 18.9 Å². The Balaban J connectivity index is 0.733. The van der Waals surface area contributed by atoms with E-state index in [2.05, 4.69) is 20.9 Å². The number of fused-ring (bicyclic) bond motifs is 2. The zero-order chi connectivity index (χ0) is 57.7. The molecule has 7 rings (SSSR count). The van der Waals surface area contributed by atoms with Gasteiger partial charge in [-0.25, -0.2) is 19.1 Å². The van der Waals surface area contributed by atoms with Crippen LogP contribution in [0.25, 0.3) is 10.4 Å². The summed E-state index contributed by atoms with van der Waals surface area (Å²) in [7, 11) is 0. The number of thiazole rings is 1. The first-order valence-electron chi connectivity index (χ1n) is 26.9. The van der Waals surface area contributed by atoms with Crippen LogP contribution in [0.5, 0.6) is 0 Å². The molecule has 0 unspecified atom stereocenters. The number of β-amino-alcohol motifs (C(OH)–C–C–N with tert-alkyl or cyclic N) is 1. The van der Waals surface area contributed by atoms with Crippen molar-refractivity contribution >= 4 is 58.7 Å². The second kappa shape index (κ2) is 27.5. The Kier molecular flexibility index (Phi) is 20.8. The van der Waals surface area contributed by atoms with Crippen LogP contribution in [0.2, 0.25) is 0 Å². The third kappa shape index (κ3) is 15.7. The van der Waals surface area contributed by atoms with E-state index in [1.165, 1.54) is 21.9 Å². The molecule has 0 bridgehead atoms. The number of aromatic nitrogens is 1. The van der Waals surface area contributed by atoms with Gasteiger partial charge in [-0.3, -0.25) is 33.6 Å². The minimum absolute atomic E-state index is 0.00506. The zero-order valence-corrected chi connectivity index (χ0v) is 47.0. The van der Waals surface area contributed by atoms with E-state index >= 15 is 0 Å².